The third-order valence-corrected chi connectivity index (χ3v) is 7.37. The lowest BCUT2D eigenvalue weighted by Gasteiger charge is -2.14. The van der Waals surface area contributed by atoms with Crippen molar-refractivity contribution in [2.75, 3.05) is 6.61 Å². The Labute approximate surface area is 237 Å². The molecule has 3 aromatic rings. The maximum absolute atomic E-state index is 12.7. The molecule has 0 saturated heterocycles. The lowest BCUT2D eigenvalue weighted by atomic mass is 10.0. The number of esters is 1. The number of ether oxygens (including phenoxy) is 2. The van der Waals surface area contributed by atoms with Crippen molar-refractivity contribution in [3.63, 3.8) is 0 Å². The molecule has 3 aromatic carbocycles. The zero-order valence-corrected chi connectivity index (χ0v) is 24.4. The topological polar surface area (TPSA) is 35.5 Å². The van der Waals surface area contributed by atoms with E-state index in [4.69, 9.17) is 9.47 Å². The highest BCUT2D eigenvalue weighted by molar-refractivity contribution is 5.91. The van der Waals surface area contributed by atoms with Crippen molar-refractivity contribution < 1.29 is 14.3 Å². The van der Waals surface area contributed by atoms with Crippen molar-refractivity contribution in [3.05, 3.63) is 89.5 Å². The molecule has 0 saturated carbocycles. The van der Waals surface area contributed by atoms with Gasteiger partial charge in [0.25, 0.3) is 0 Å². The van der Waals surface area contributed by atoms with Crippen molar-refractivity contribution in [2.24, 2.45) is 0 Å². The van der Waals surface area contributed by atoms with Gasteiger partial charge in [-0.15, -0.1) is 0 Å². The first-order valence-corrected chi connectivity index (χ1v) is 15.2. The van der Waals surface area contributed by atoms with Crippen LogP contribution in [0.3, 0.4) is 0 Å². The summed E-state index contributed by atoms with van der Waals surface area (Å²) in [6.07, 6.45) is 15.5. The third kappa shape index (κ3) is 11.0. The van der Waals surface area contributed by atoms with Crippen LogP contribution >= 0.6 is 0 Å². The van der Waals surface area contributed by atoms with Crippen LogP contribution < -0.4 is 4.74 Å². The Morgan fingerprint density at radius 2 is 1.18 bits per heavy atom. The average Bonchev–Trinajstić information content (AvgIpc) is 2.97. The Morgan fingerprint density at radius 1 is 0.641 bits per heavy atom. The van der Waals surface area contributed by atoms with Crippen LogP contribution in [-0.2, 0) is 11.2 Å². The van der Waals surface area contributed by atoms with Gasteiger partial charge in [-0.3, -0.25) is 0 Å². The monoisotopic (exact) mass is 528 g/mol. The second kappa shape index (κ2) is 17.6. The molecular weight excluding hydrogens is 480 g/mol. The number of benzene rings is 3. The lowest BCUT2D eigenvalue weighted by molar-refractivity contribution is 0.0627. The van der Waals surface area contributed by atoms with Crippen LogP contribution in [0.4, 0.5) is 0 Å². The third-order valence-electron chi connectivity index (χ3n) is 7.37. The van der Waals surface area contributed by atoms with Crippen molar-refractivity contribution in [2.45, 2.75) is 104 Å². The molecule has 0 aliphatic heterocycles. The Morgan fingerprint density at radius 3 is 1.74 bits per heavy atom. The van der Waals surface area contributed by atoms with Crippen LogP contribution in [0.15, 0.2) is 72.8 Å². The van der Waals surface area contributed by atoms with Crippen molar-refractivity contribution >= 4 is 5.97 Å². The van der Waals surface area contributed by atoms with E-state index in [0.717, 1.165) is 42.6 Å². The average molecular weight is 529 g/mol. The molecule has 3 rings (SSSR count). The van der Waals surface area contributed by atoms with Gasteiger partial charge in [0, 0.05) is 6.61 Å². The van der Waals surface area contributed by atoms with E-state index in [0.29, 0.717) is 11.3 Å². The van der Waals surface area contributed by atoms with Crippen LogP contribution in [0.1, 0.15) is 119 Å². The Kier molecular flexibility index (Phi) is 13.8. The second-order valence-electron chi connectivity index (χ2n) is 10.7. The predicted octanol–water partition coefficient (Wildman–Crippen LogP) is 10.5. The molecule has 0 amide bonds. The molecule has 0 bridgehead atoms. The second-order valence-corrected chi connectivity index (χ2v) is 10.7. The van der Waals surface area contributed by atoms with E-state index in [9.17, 15) is 4.79 Å². The molecule has 0 spiro atoms. The maximum atomic E-state index is 12.7. The molecule has 0 radical (unpaired) electrons. The molecule has 3 heteroatoms. The van der Waals surface area contributed by atoms with Gasteiger partial charge in [0.15, 0.2) is 0 Å². The number of unbranched alkanes of at least 4 members (excludes halogenated alkanes) is 9. The first kappa shape index (κ1) is 30.6. The summed E-state index contributed by atoms with van der Waals surface area (Å²) in [5.74, 6) is 0.194. The van der Waals surface area contributed by atoms with Gasteiger partial charge in [0.05, 0.1) is 11.7 Å². The summed E-state index contributed by atoms with van der Waals surface area (Å²) >= 11 is 0. The predicted molar refractivity (Wildman–Crippen MR) is 163 cm³/mol. The highest BCUT2D eigenvalue weighted by atomic mass is 16.5. The van der Waals surface area contributed by atoms with Gasteiger partial charge in [-0.05, 0) is 66.3 Å². The minimum absolute atomic E-state index is 0.0249. The van der Waals surface area contributed by atoms with Crippen LogP contribution in [0.25, 0.3) is 11.1 Å². The first-order chi connectivity index (χ1) is 19.1. The van der Waals surface area contributed by atoms with E-state index in [1.54, 1.807) is 0 Å². The molecule has 0 aliphatic rings. The minimum atomic E-state index is -0.349. The molecule has 0 aromatic heterocycles. The van der Waals surface area contributed by atoms with E-state index < -0.39 is 0 Å². The van der Waals surface area contributed by atoms with Crippen molar-refractivity contribution in [1.29, 1.82) is 0 Å². The maximum Gasteiger partial charge on any atom is 0.343 e. The minimum Gasteiger partial charge on any atom is -0.423 e. The highest BCUT2D eigenvalue weighted by Gasteiger charge is 2.11. The van der Waals surface area contributed by atoms with E-state index in [2.05, 4.69) is 45.0 Å². The van der Waals surface area contributed by atoms with E-state index in [-0.39, 0.29) is 12.1 Å². The molecule has 3 nitrogen and oxygen atoms in total. The number of hydrogen-bond donors (Lipinski definition) is 0. The summed E-state index contributed by atoms with van der Waals surface area (Å²) in [6, 6.07) is 23.9. The first-order valence-electron chi connectivity index (χ1n) is 15.2. The zero-order chi connectivity index (χ0) is 27.7. The Bertz CT molecular complexity index is 1070. The number of carbonyl (C=O) groups is 1. The van der Waals surface area contributed by atoms with Crippen LogP contribution in [0.2, 0.25) is 0 Å². The molecule has 1 unspecified atom stereocenters. The van der Waals surface area contributed by atoms with Crippen LogP contribution in [-0.4, -0.2) is 12.6 Å². The van der Waals surface area contributed by atoms with Crippen molar-refractivity contribution in [1.82, 2.24) is 0 Å². The molecular formula is C36H48O3. The van der Waals surface area contributed by atoms with Gasteiger partial charge in [0.2, 0.25) is 0 Å². The molecule has 1 atom stereocenters. The fourth-order valence-corrected chi connectivity index (χ4v) is 4.87. The zero-order valence-electron chi connectivity index (χ0n) is 24.4. The van der Waals surface area contributed by atoms with Gasteiger partial charge < -0.3 is 9.47 Å². The largest absolute Gasteiger partial charge is 0.423 e. The molecule has 39 heavy (non-hydrogen) atoms. The van der Waals surface area contributed by atoms with Gasteiger partial charge in [0.1, 0.15) is 5.75 Å². The van der Waals surface area contributed by atoms with Gasteiger partial charge >= 0.3 is 5.97 Å². The number of aryl methyl sites for hydroxylation is 1. The lowest BCUT2D eigenvalue weighted by Crippen LogP contribution is -2.08. The van der Waals surface area contributed by atoms with Gasteiger partial charge in [-0.2, -0.15) is 0 Å². The molecule has 0 N–H and O–H groups in total. The SMILES string of the molecule is CCCCCCCCCCCCOC(C)c1ccc(OC(=O)c2ccc(-c3ccc(CCC)cc3)cc2)cc1. The van der Waals surface area contributed by atoms with Crippen molar-refractivity contribution in [3.8, 4) is 16.9 Å². The fraction of sp³-hybridized carbons (Fsp3) is 0.472. The normalized spacial score (nSPS) is 11.9. The Balaban J connectivity index is 1.36. The number of carbonyl (C=O) groups excluding carboxylic acids is 1. The number of rotatable bonds is 18. The van der Waals surface area contributed by atoms with E-state index in [1.807, 2.05) is 48.5 Å². The summed E-state index contributed by atoms with van der Waals surface area (Å²) in [5.41, 5.74) is 5.22. The van der Waals surface area contributed by atoms with Gasteiger partial charge in [-0.25, -0.2) is 4.79 Å². The standard InChI is InChI=1S/C36H48O3/c1-4-6-7-8-9-10-11-12-13-14-28-38-29(3)31-24-26-35(27-25-31)39-36(37)34-22-20-33(21-23-34)32-18-16-30(15-5-2)17-19-32/h16-27,29H,4-15,28H2,1-3H3. The summed E-state index contributed by atoms with van der Waals surface area (Å²) in [5, 5.41) is 0. The summed E-state index contributed by atoms with van der Waals surface area (Å²) in [7, 11) is 0. The highest BCUT2D eigenvalue weighted by Crippen LogP contribution is 2.24. The quantitative estimate of drug-likeness (QED) is 0.0935. The van der Waals surface area contributed by atoms with E-state index >= 15 is 0 Å². The molecule has 0 heterocycles. The Hall–Kier alpha value is -2.91. The van der Waals surface area contributed by atoms with Gasteiger partial charge in [-0.1, -0.05) is 127 Å². The molecule has 0 fully saturated rings. The summed E-state index contributed by atoms with van der Waals surface area (Å²) in [6.45, 7) is 7.32. The number of hydrogen-bond acceptors (Lipinski definition) is 3. The van der Waals surface area contributed by atoms with Crippen LogP contribution in [0, 0.1) is 0 Å². The fourth-order valence-electron chi connectivity index (χ4n) is 4.87. The van der Waals surface area contributed by atoms with Crippen LogP contribution in [0.5, 0.6) is 5.75 Å². The summed E-state index contributed by atoms with van der Waals surface area (Å²) < 4.78 is 11.7. The molecule has 210 valence electrons. The summed E-state index contributed by atoms with van der Waals surface area (Å²) in [4.78, 5) is 12.7. The smallest absolute Gasteiger partial charge is 0.343 e. The van der Waals surface area contributed by atoms with E-state index in [1.165, 1.54) is 63.4 Å². The molecule has 0 aliphatic carbocycles.